The van der Waals surface area contributed by atoms with Crippen molar-refractivity contribution >= 4 is 39.6 Å². The number of ether oxygens (including phenoxy) is 1. The molecule has 0 atom stereocenters. The first kappa shape index (κ1) is 28.3. The summed E-state index contributed by atoms with van der Waals surface area (Å²) >= 11 is 1.60. The van der Waals surface area contributed by atoms with Crippen LogP contribution < -0.4 is 10.6 Å². The highest BCUT2D eigenvalue weighted by Crippen LogP contribution is 2.18. The fourth-order valence-electron chi connectivity index (χ4n) is 2.96. The first-order valence-electron chi connectivity index (χ1n) is 11.1. The highest BCUT2D eigenvalue weighted by Gasteiger charge is 2.24. The lowest BCUT2D eigenvalue weighted by Crippen LogP contribution is -2.45. The number of sulfonamides is 1. The number of benzene rings is 2. The number of hydrogen-bond donors (Lipinski definition) is 2. The van der Waals surface area contributed by atoms with E-state index in [0.29, 0.717) is 5.75 Å². The van der Waals surface area contributed by atoms with E-state index in [-0.39, 0.29) is 31.1 Å². The van der Waals surface area contributed by atoms with Crippen molar-refractivity contribution in [3.8, 4) is 0 Å². The van der Waals surface area contributed by atoms with Crippen LogP contribution in [0.3, 0.4) is 0 Å². The van der Waals surface area contributed by atoms with E-state index in [9.17, 15) is 22.8 Å². The molecule has 0 radical (unpaired) electrons. The molecule has 0 saturated carbocycles. The van der Waals surface area contributed by atoms with Gasteiger partial charge in [-0.1, -0.05) is 48.0 Å². The molecule has 0 unspecified atom stereocenters. The summed E-state index contributed by atoms with van der Waals surface area (Å²) in [5.74, 6) is -1.31. The second-order valence-corrected chi connectivity index (χ2v) is 10.5. The van der Waals surface area contributed by atoms with Gasteiger partial charge in [0.1, 0.15) is 6.54 Å². The second kappa shape index (κ2) is 14.5. The van der Waals surface area contributed by atoms with Crippen LogP contribution in [0.2, 0.25) is 0 Å². The Morgan fingerprint density at radius 3 is 2.26 bits per heavy atom. The fraction of sp³-hybridized carbons (Fsp3) is 0.375. The predicted molar refractivity (Wildman–Crippen MR) is 135 cm³/mol. The van der Waals surface area contributed by atoms with Crippen molar-refractivity contribution in [3.63, 3.8) is 0 Å². The monoisotopic (exact) mass is 521 g/mol. The number of nitrogens with one attached hydrogen (secondary N) is 2. The molecule has 0 aliphatic carbocycles. The van der Waals surface area contributed by atoms with E-state index in [4.69, 9.17) is 0 Å². The lowest BCUT2D eigenvalue weighted by Gasteiger charge is -2.22. The highest BCUT2D eigenvalue weighted by molar-refractivity contribution is 7.98. The normalized spacial score (nSPS) is 11.2. The third kappa shape index (κ3) is 9.71. The summed E-state index contributed by atoms with van der Waals surface area (Å²) in [7, 11) is -3.80. The van der Waals surface area contributed by atoms with Gasteiger partial charge < -0.3 is 15.4 Å². The molecule has 2 aromatic rings. The minimum absolute atomic E-state index is 0.0149. The average Bonchev–Trinajstić information content (AvgIpc) is 2.84. The van der Waals surface area contributed by atoms with Gasteiger partial charge in [-0.2, -0.15) is 16.1 Å². The van der Waals surface area contributed by atoms with Crippen LogP contribution in [0.25, 0.3) is 0 Å². The first-order valence-corrected chi connectivity index (χ1v) is 13.7. The number of aryl methyl sites for hydroxylation is 1. The van der Waals surface area contributed by atoms with Crippen molar-refractivity contribution in [3.05, 3.63) is 65.7 Å². The topological polar surface area (TPSA) is 122 Å². The van der Waals surface area contributed by atoms with Crippen molar-refractivity contribution in [2.75, 3.05) is 38.5 Å². The van der Waals surface area contributed by atoms with Gasteiger partial charge in [-0.25, -0.2) is 8.42 Å². The summed E-state index contributed by atoms with van der Waals surface area (Å²) in [6, 6.07) is 16.4. The Labute approximate surface area is 210 Å². The molecule has 0 fully saturated rings. The molecule has 2 N–H and O–H groups in total. The maximum Gasteiger partial charge on any atom is 0.325 e. The summed E-state index contributed by atoms with van der Waals surface area (Å²) in [6.07, 6.45) is 0. The zero-order valence-electron chi connectivity index (χ0n) is 19.9. The van der Waals surface area contributed by atoms with E-state index in [1.165, 1.54) is 4.31 Å². The second-order valence-electron chi connectivity index (χ2n) is 7.50. The molecular formula is C24H31N3O6S2. The molecule has 35 heavy (non-hydrogen) atoms. The Kier molecular flexibility index (Phi) is 11.7. The Balaban J connectivity index is 1.95. The molecule has 0 aliphatic rings. The van der Waals surface area contributed by atoms with Crippen molar-refractivity contribution in [1.29, 1.82) is 0 Å². The molecule has 2 rings (SSSR count). The number of nitrogens with zero attached hydrogens (tertiary/aromatic N) is 1. The van der Waals surface area contributed by atoms with Crippen LogP contribution in [-0.2, 0) is 34.9 Å². The molecule has 190 valence electrons. The molecule has 0 aliphatic heterocycles. The molecule has 2 amide bonds. The van der Waals surface area contributed by atoms with E-state index in [0.717, 1.165) is 16.9 Å². The van der Waals surface area contributed by atoms with Gasteiger partial charge in [-0.15, -0.1) is 0 Å². The zero-order valence-corrected chi connectivity index (χ0v) is 21.5. The minimum atomic E-state index is -3.80. The maximum absolute atomic E-state index is 13.2. The molecule has 2 aromatic carbocycles. The Hall–Kier alpha value is -2.89. The summed E-state index contributed by atoms with van der Waals surface area (Å²) in [5, 5.41) is 4.56. The van der Waals surface area contributed by atoms with Crippen molar-refractivity contribution < 1.29 is 27.5 Å². The average molecular weight is 522 g/mol. The fourth-order valence-corrected chi connectivity index (χ4v) is 5.44. The van der Waals surface area contributed by atoms with Crippen molar-refractivity contribution in [2.45, 2.75) is 24.5 Å². The number of esters is 1. The number of carbonyl (C=O) groups excluding carboxylic acids is 3. The van der Waals surface area contributed by atoms with Gasteiger partial charge in [-0.05, 0) is 31.5 Å². The van der Waals surface area contributed by atoms with E-state index in [1.54, 1.807) is 43.0 Å². The van der Waals surface area contributed by atoms with Crippen LogP contribution in [0.4, 0.5) is 0 Å². The third-order valence-electron chi connectivity index (χ3n) is 4.81. The highest BCUT2D eigenvalue weighted by atomic mass is 32.2. The van der Waals surface area contributed by atoms with Gasteiger partial charge in [-0.3, -0.25) is 14.4 Å². The minimum Gasteiger partial charge on any atom is -0.465 e. The summed E-state index contributed by atoms with van der Waals surface area (Å²) in [5.41, 5.74) is 2.08. The van der Waals surface area contributed by atoms with Crippen LogP contribution in [0.15, 0.2) is 59.5 Å². The predicted octanol–water partition coefficient (Wildman–Crippen LogP) is 1.71. The summed E-state index contributed by atoms with van der Waals surface area (Å²) in [4.78, 5) is 35.4. The van der Waals surface area contributed by atoms with Crippen LogP contribution in [0.1, 0.15) is 18.1 Å². The Bertz CT molecular complexity index is 1080. The quantitative estimate of drug-likeness (QED) is 0.234. The lowest BCUT2D eigenvalue weighted by atomic mass is 10.2. The SMILES string of the molecule is CCOC(=O)CNC(=O)C(=O)NCCN(CCSCc1ccccc1)S(=O)(=O)c1ccc(C)cc1. The maximum atomic E-state index is 13.2. The molecule has 0 heterocycles. The third-order valence-corrected chi connectivity index (χ3v) is 7.73. The lowest BCUT2D eigenvalue weighted by molar-refractivity contribution is -0.145. The number of rotatable bonds is 13. The van der Waals surface area contributed by atoms with Gasteiger partial charge in [0, 0.05) is 31.1 Å². The van der Waals surface area contributed by atoms with E-state index in [1.807, 2.05) is 37.3 Å². The summed E-state index contributed by atoms with van der Waals surface area (Å²) < 4.78 is 32.4. The van der Waals surface area contributed by atoms with Gasteiger partial charge in [0.15, 0.2) is 0 Å². The van der Waals surface area contributed by atoms with Gasteiger partial charge >= 0.3 is 17.8 Å². The smallest absolute Gasteiger partial charge is 0.325 e. The summed E-state index contributed by atoms with van der Waals surface area (Å²) in [6.45, 7) is 3.39. The zero-order chi connectivity index (χ0) is 25.7. The van der Waals surface area contributed by atoms with Gasteiger partial charge in [0.05, 0.1) is 11.5 Å². The first-order chi connectivity index (χ1) is 16.7. The van der Waals surface area contributed by atoms with Crippen LogP contribution in [0.5, 0.6) is 0 Å². The Morgan fingerprint density at radius 2 is 1.60 bits per heavy atom. The molecule has 0 saturated heterocycles. The molecule has 0 bridgehead atoms. The van der Waals surface area contributed by atoms with E-state index < -0.39 is 34.4 Å². The standard InChI is InChI=1S/C24H31N3O6S2/c1-3-33-22(28)17-26-24(30)23(29)25-13-14-27(15-16-34-18-20-7-5-4-6-8-20)35(31,32)21-11-9-19(2)10-12-21/h4-12H,3,13-18H2,1-2H3,(H,25,29)(H,26,30). The molecule has 0 spiro atoms. The largest absolute Gasteiger partial charge is 0.465 e. The van der Waals surface area contributed by atoms with Crippen LogP contribution >= 0.6 is 11.8 Å². The molecule has 0 aromatic heterocycles. The molecular weight excluding hydrogens is 490 g/mol. The van der Waals surface area contributed by atoms with Crippen molar-refractivity contribution in [1.82, 2.24) is 14.9 Å². The Morgan fingerprint density at radius 1 is 0.943 bits per heavy atom. The van der Waals surface area contributed by atoms with Crippen LogP contribution in [-0.4, -0.2) is 69.0 Å². The van der Waals surface area contributed by atoms with Crippen molar-refractivity contribution in [2.24, 2.45) is 0 Å². The molecule has 9 nitrogen and oxygen atoms in total. The van der Waals surface area contributed by atoms with E-state index >= 15 is 0 Å². The number of thioether (sulfide) groups is 1. The number of carbonyl (C=O) groups is 3. The van der Waals surface area contributed by atoms with Gasteiger partial charge in [0.25, 0.3) is 0 Å². The molecule has 11 heteroatoms. The number of amides is 2. The van der Waals surface area contributed by atoms with Crippen LogP contribution in [0, 0.1) is 6.92 Å². The van der Waals surface area contributed by atoms with Gasteiger partial charge in [0.2, 0.25) is 10.0 Å². The number of hydrogen-bond acceptors (Lipinski definition) is 7. The van der Waals surface area contributed by atoms with E-state index in [2.05, 4.69) is 15.4 Å².